The number of carbonyl (C=O) groups excluding carboxylic acids is 1. The predicted octanol–water partition coefficient (Wildman–Crippen LogP) is 4.11. The minimum atomic E-state index is -0.246. The fourth-order valence-electron chi connectivity index (χ4n) is 2.80. The smallest absolute Gasteiger partial charge is 0.244 e. The lowest BCUT2D eigenvalue weighted by Crippen LogP contribution is -2.40. The molecule has 7 heteroatoms. The summed E-state index contributed by atoms with van der Waals surface area (Å²) in [6.07, 6.45) is 2.82. The van der Waals surface area contributed by atoms with Crippen molar-refractivity contribution in [3.63, 3.8) is 0 Å². The monoisotopic (exact) mass is 417 g/mol. The Balaban J connectivity index is 1.57. The number of hydrogen-bond donors (Lipinski definition) is 1. The van der Waals surface area contributed by atoms with E-state index in [0.717, 1.165) is 5.56 Å². The van der Waals surface area contributed by atoms with E-state index in [9.17, 15) is 4.79 Å². The van der Waals surface area contributed by atoms with Crippen molar-refractivity contribution >= 4 is 23.6 Å². The number of ether oxygens (including phenoxy) is 4. The average Bonchev–Trinajstić information content (AvgIpc) is 2.71. The van der Waals surface area contributed by atoms with Crippen molar-refractivity contribution < 1.29 is 23.7 Å². The fraction of sp³-hybridized carbons (Fsp3) is 0.318. The number of amides is 1. The maximum absolute atomic E-state index is 12.2. The summed E-state index contributed by atoms with van der Waals surface area (Å²) in [4.78, 5) is 12.2. The molecule has 3 rings (SSSR count). The molecule has 0 unspecified atom stereocenters. The number of fused-ring (bicyclic) bond motifs is 1. The largest absolute Gasteiger partial charge is 0.493 e. The number of methoxy groups -OCH3 is 1. The summed E-state index contributed by atoms with van der Waals surface area (Å²) in [6.45, 7) is 4.54. The highest BCUT2D eigenvalue weighted by Gasteiger charge is 2.20. The van der Waals surface area contributed by atoms with Crippen LogP contribution in [0.5, 0.6) is 23.0 Å². The molecule has 154 valence electrons. The van der Waals surface area contributed by atoms with Crippen LogP contribution in [0.1, 0.15) is 19.4 Å². The Morgan fingerprint density at radius 1 is 1.31 bits per heavy atom. The molecule has 1 aliphatic rings. The summed E-state index contributed by atoms with van der Waals surface area (Å²) < 4.78 is 22.5. The van der Waals surface area contributed by atoms with Crippen LogP contribution in [0.3, 0.4) is 0 Å². The molecule has 0 spiro atoms. The van der Waals surface area contributed by atoms with Crippen molar-refractivity contribution in [3.8, 4) is 23.0 Å². The highest BCUT2D eigenvalue weighted by molar-refractivity contribution is 6.32. The maximum atomic E-state index is 12.2. The Labute approximate surface area is 175 Å². The number of para-hydroxylation sites is 2. The van der Waals surface area contributed by atoms with Crippen molar-refractivity contribution in [2.24, 2.45) is 0 Å². The molecule has 1 aliphatic heterocycles. The first-order valence-electron chi connectivity index (χ1n) is 9.35. The normalized spacial score (nSPS) is 15.4. The van der Waals surface area contributed by atoms with E-state index < -0.39 is 0 Å². The van der Waals surface area contributed by atoms with Gasteiger partial charge in [0.1, 0.15) is 12.7 Å². The van der Waals surface area contributed by atoms with E-state index in [1.165, 1.54) is 6.08 Å². The number of benzene rings is 2. The zero-order valence-electron chi connectivity index (χ0n) is 16.6. The summed E-state index contributed by atoms with van der Waals surface area (Å²) in [5, 5.41) is 3.24. The number of halogens is 1. The van der Waals surface area contributed by atoms with E-state index >= 15 is 0 Å². The Hall–Kier alpha value is -2.86. The van der Waals surface area contributed by atoms with Crippen LogP contribution in [0, 0.1) is 0 Å². The van der Waals surface area contributed by atoms with E-state index in [-0.39, 0.29) is 18.1 Å². The number of rotatable bonds is 7. The SMILES string of the molecule is COc1cc(/C=C/C(=O)NC[C@@H]2COc3ccccc3O2)cc(Cl)c1OC(C)C. The second-order valence-electron chi connectivity index (χ2n) is 6.78. The summed E-state index contributed by atoms with van der Waals surface area (Å²) in [5.74, 6) is 2.15. The molecular formula is C22H24ClNO5. The molecule has 29 heavy (non-hydrogen) atoms. The van der Waals surface area contributed by atoms with Crippen LogP contribution in [-0.2, 0) is 4.79 Å². The quantitative estimate of drug-likeness (QED) is 0.687. The van der Waals surface area contributed by atoms with E-state index in [4.69, 9.17) is 30.5 Å². The van der Waals surface area contributed by atoms with Gasteiger partial charge in [-0.3, -0.25) is 4.79 Å². The predicted molar refractivity (Wildman–Crippen MR) is 112 cm³/mol. The van der Waals surface area contributed by atoms with Crippen LogP contribution in [-0.4, -0.2) is 38.4 Å². The lowest BCUT2D eigenvalue weighted by Gasteiger charge is -2.26. The molecule has 0 bridgehead atoms. The zero-order chi connectivity index (χ0) is 20.8. The second kappa shape index (κ2) is 9.56. The molecular weight excluding hydrogens is 394 g/mol. The summed E-state index contributed by atoms with van der Waals surface area (Å²) in [5.41, 5.74) is 0.726. The molecule has 0 aliphatic carbocycles. The summed E-state index contributed by atoms with van der Waals surface area (Å²) in [7, 11) is 1.55. The number of nitrogens with one attached hydrogen (secondary N) is 1. The Morgan fingerprint density at radius 3 is 2.79 bits per heavy atom. The van der Waals surface area contributed by atoms with Crippen LogP contribution in [0.25, 0.3) is 6.08 Å². The van der Waals surface area contributed by atoms with Gasteiger partial charge in [-0.05, 0) is 49.8 Å². The molecule has 2 aromatic carbocycles. The molecule has 0 saturated heterocycles. The number of carbonyl (C=O) groups is 1. The average molecular weight is 418 g/mol. The van der Waals surface area contributed by atoms with Gasteiger partial charge in [-0.25, -0.2) is 0 Å². The Morgan fingerprint density at radius 2 is 2.07 bits per heavy atom. The van der Waals surface area contributed by atoms with Crippen LogP contribution in [0.2, 0.25) is 5.02 Å². The van der Waals surface area contributed by atoms with Crippen molar-refractivity contribution in [1.29, 1.82) is 0 Å². The molecule has 0 fully saturated rings. The van der Waals surface area contributed by atoms with E-state index in [1.54, 1.807) is 25.3 Å². The lowest BCUT2D eigenvalue weighted by atomic mass is 10.2. The van der Waals surface area contributed by atoms with Crippen molar-refractivity contribution in [2.75, 3.05) is 20.3 Å². The van der Waals surface area contributed by atoms with Crippen molar-refractivity contribution in [2.45, 2.75) is 26.1 Å². The van der Waals surface area contributed by atoms with Gasteiger partial charge < -0.3 is 24.3 Å². The van der Waals surface area contributed by atoms with Crippen LogP contribution in [0.4, 0.5) is 0 Å². The van der Waals surface area contributed by atoms with Gasteiger partial charge in [0, 0.05) is 6.08 Å². The molecule has 0 aromatic heterocycles. The van der Waals surface area contributed by atoms with E-state index in [0.29, 0.717) is 41.2 Å². The lowest BCUT2D eigenvalue weighted by molar-refractivity contribution is -0.116. The zero-order valence-corrected chi connectivity index (χ0v) is 17.4. The molecule has 1 atom stereocenters. The third-order valence-corrected chi connectivity index (χ3v) is 4.38. The van der Waals surface area contributed by atoms with Gasteiger partial charge in [0.15, 0.2) is 23.0 Å². The van der Waals surface area contributed by atoms with Gasteiger partial charge in [0.05, 0.1) is 24.8 Å². The highest BCUT2D eigenvalue weighted by Crippen LogP contribution is 2.37. The molecule has 1 amide bonds. The number of hydrogen-bond acceptors (Lipinski definition) is 5. The van der Waals surface area contributed by atoms with Gasteiger partial charge in [0.25, 0.3) is 0 Å². The van der Waals surface area contributed by atoms with Gasteiger partial charge in [-0.1, -0.05) is 23.7 Å². The summed E-state index contributed by atoms with van der Waals surface area (Å²) in [6, 6.07) is 10.9. The third kappa shape index (κ3) is 5.57. The first-order chi connectivity index (χ1) is 14.0. The minimum Gasteiger partial charge on any atom is -0.493 e. The van der Waals surface area contributed by atoms with Crippen LogP contribution in [0.15, 0.2) is 42.5 Å². The summed E-state index contributed by atoms with van der Waals surface area (Å²) >= 11 is 6.31. The molecule has 2 aromatic rings. The second-order valence-corrected chi connectivity index (χ2v) is 7.18. The fourth-order valence-corrected chi connectivity index (χ4v) is 3.06. The van der Waals surface area contributed by atoms with Gasteiger partial charge in [-0.15, -0.1) is 0 Å². The molecule has 1 heterocycles. The Kier molecular flexibility index (Phi) is 6.88. The minimum absolute atomic E-state index is 0.0356. The highest BCUT2D eigenvalue weighted by atomic mass is 35.5. The van der Waals surface area contributed by atoms with Crippen molar-refractivity contribution in [3.05, 3.63) is 53.1 Å². The first-order valence-corrected chi connectivity index (χ1v) is 9.72. The van der Waals surface area contributed by atoms with Gasteiger partial charge in [0.2, 0.25) is 5.91 Å². The van der Waals surface area contributed by atoms with E-state index in [1.807, 2.05) is 38.1 Å². The Bertz CT molecular complexity index is 897. The van der Waals surface area contributed by atoms with Gasteiger partial charge >= 0.3 is 0 Å². The molecule has 6 nitrogen and oxygen atoms in total. The topological polar surface area (TPSA) is 66.0 Å². The van der Waals surface area contributed by atoms with Crippen LogP contribution >= 0.6 is 11.6 Å². The van der Waals surface area contributed by atoms with Gasteiger partial charge in [-0.2, -0.15) is 0 Å². The van der Waals surface area contributed by atoms with Crippen molar-refractivity contribution in [1.82, 2.24) is 5.32 Å². The van der Waals surface area contributed by atoms with Crippen LogP contribution < -0.4 is 24.3 Å². The molecule has 0 saturated carbocycles. The maximum Gasteiger partial charge on any atom is 0.244 e. The third-order valence-electron chi connectivity index (χ3n) is 4.10. The standard InChI is InChI=1S/C22H24ClNO5/c1-14(2)28-22-17(23)10-15(11-20(22)26-3)8-9-21(25)24-12-16-13-27-18-6-4-5-7-19(18)29-16/h4-11,14,16H,12-13H2,1-3H3,(H,24,25)/b9-8+/t16-/m1/s1. The molecule has 0 radical (unpaired) electrons. The molecule has 1 N–H and O–H groups in total. The van der Waals surface area contributed by atoms with E-state index in [2.05, 4.69) is 5.32 Å². The first kappa shape index (κ1) is 20.9.